The van der Waals surface area contributed by atoms with Crippen LogP contribution in [0, 0.1) is 11.3 Å². The minimum absolute atomic E-state index is 0.0168. The number of halogens is 6. The molecule has 1 aliphatic rings. The van der Waals surface area contributed by atoms with E-state index in [4.69, 9.17) is 0 Å². The maximum atomic E-state index is 14.0. The molecule has 3 rings (SSSR count). The Kier molecular flexibility index (Phi) is 9.86. The summed E-state index contributed by atoms with van der Waals surface area (Å²) in [5, 5.41) is 0. The highest BCUT2D eigenvalue weighted by atomic mass is 19.4. The summed E-state index contributed by atoms with van der Waals surface area (Å²) in [5.41, 5.74) is 1.93. The molecule has 1 fully saturated rings. The number of hydrogen-bond acceptors (Lipinski definition) is 2. The first kappa shape index (κ1) is 32.2. The molecular weight excluding hydrogens is 528 g/mol. The van der Waals surface area contributed by atoms with Crippen LogP contribution < -0.4 is 0 Å². The van der Waals surface area contributed by atoms with Gasteiger partial charge in [0.1, 0.15) is 11.8 Å². The van der Waals surface area contributed by atoms with Crippen LogP contribution in [-0.2, 0) is 11.0 Å². The van der Waals surface area contributed by atoms with Crippen molar-refractivity contribution in [3.05, 3.63) is 59.2 Å². The number of carbonyl (C=O) groups excluding carboxylic acids is 1. The number of carbonyl (C=O) groups is 1. The van der Waals surface area contributed by atoms with Gasteiger partial charge in [-0.25, -0.2) is 0 Å². The summed E-state index contributed by atoms with van der Waals surface area (Å²) in [5.74, 6) is -0.394. The monoisotopic (exact) mass is 569 g/mol. The minimum atomic E-state index is -4.46. The molecule has 222 valence electrons. The second kappa shape index (κ2) is 12.3. The Hall–Kier alpha value is -2.35. The van der Waals surface area contributed by atoms with Crippen LogP contribution >= 0.6 is 0 Å². The molecule has 0 aliphatic carbocycles. The van der Waals surface area contributed by atoms with E-state index in [2.05, 4.69) is 0 Å². The van der Waals surface area contributed by atoms with Crippen molar-refractivity contribution in [1.82, 2.24) is 4.90 Å². The first-order valence-electron chi connectivity index (χ1n) is 14.0. The predicted molar refractivity (Wildman–Crippen MR) is 147 cm³/mol. The SMILES string of the molecule is CC(=O)C(CC(C)C)c1cc(-c2ccc(C(F)(F)F)cc2)cc(C2CCC(C(F)(F)F)N(CCC(C)(C)C)C2)c1. The van der Waals surface area contributed by atoms with E-state index in [1.807, 2.05) is 52.8 Å². The molecule has 40 heavy (non-hydrogen) atoms. The molecule has 3 unspecified atom stereocenters. The van der Waals surface area contributed by atoms with Crippen molar-refractivity contribution in [3.63, 3.8) is 0 Å². The molecule has 0 radical (unpaired) electrons. The van der Waals surface area contributed by atoms with E-state index >= 15 is 0 Å². The van der Waals surface area contributed by atoms with Gasteiger partial charge < -0.3 is 0 Å². The van der Waals surface area contributed by atoms with Crippen molar-refractivity contribution in [2.75, 3.05) is 13.1 Å². The number of ketones is 1. The second-order valence-corrected chi connectivity index (χ2v) is 12.9. The molecule has 8 heteroatoms. The lowest BCUT2D eigenvalue weighted by Crippen LogP contribution is -2.51. The van der Waals surface area contributed by atoms with Crippen LogP contribution in [0.1, 0.15) is 95.8 Å². The third kappa shape index (κ3) is 8.58. The summed E-state index contributed by atoms with van der Waals surface area (Å²) in [6.45, 7) is 12.1. The van der Waals surface area contributed by atoms with Gasteiger partial charge in [-0.2, -0.15) is 26.3 Å². The Morgan fingerprint density at radius 1 is 0.925 bits per heavy atom. The van der Waals surface area contributed by atoms with Gasteiger partial charge in [0.05, 0.1) is 5.56 Å². The summed E-state index contributed by atoms with van der Waals surface area (Å²) >= 11 is 0. The highest BCUT2D eigenvalue weighted by Crippen LogP contribution is 2.41. The quantitative estimate of drug-likeness (QED) is 0.295. The average Bonchev–Trinajstić information content (AvgIpc) is 2.84. The Labute approximate surface area is 234 Å². The van der Waals surface area contributed by atoms with E-state index in [9.17, 15) is 31.1 Å². The highest BCUT2D eigenvalue weighted by Gasteiger charge is 2.46. The Morgan fingerprint density at radius 2 is 1.55 bits per heavy atom. The van der Waals surface area contributed by atoms with Gasteiger partial charge in [0.15, 0.2) is 0 Å². The van der Waals surface area contributed by atoms with Crippen molar-refractivity contribution in [2.24, 2.45) is 11.3 Å². The summed E-state index contributed by atoms with van der Waals surface area (Å²) in [4.78, 5) is 14.2. The van der Waals surface area contributed by atoms with E-state index in [-0.39, 0.29) is 36.0 Å². The van der Waals surface area contributed by atoms with Crippen LogP contribution in [0.3, 0.4) is 0 Å². The van der Waals surface area contributed by atoms with Crippen molar-refractivity contribution >= 4 is 5.78 Å². The van der Waals surface area contributed by atoms with Gasteiger partial charge in [0.25, 0.3) is 0 Å². The largest absolute Gasteiger partial charge is 0.416 e. The van der Waals surface area contributed by atoms with Crippen molar-refractivity contribution < 1.29 is 31.1 Å². The Balaban J connectivity index is 2.06. The fraction of sp³-hybridized carbons (Fsp3) is 0.594. The molecule has 1 heterocycles. The molecular formula is C32H41F6NO. The number of alkyl halides is 6. The summed E-state index contributed by atoms with van der Waals surface area (Å²) in [7, 11) is 0. The molecule has 2 aromatic carbocycles. The predicted octanol–water partition coefficient (Wildman–Crippen LogP) is 9.64. The molecule has 1 aliphatic heterocycles. The molecule has 0 amide bonds. The summed E-state index contributed by atoms with van der Waals surface area (Å²) in [6.07, 6.45) is -7.27. The molecule has 3 atom stereocenters. The highest BCUT2D eigenvalue weighted by molar-refractivity contribution is 5.84. The zero-order valence-corrected chi connectivity index (χ0v) is 24.2. The number of rotatable bonds is 8. The zero-order valence-electron chi connectivity index (χ0n) is 24.2. The van der Waals surface area contributed by atoms with Crippen molar-refractivity contribution in [2.45, 2.75) is 97.5 Å². The lowest BCUT2D eigenvalue weighted by Gasteiger charge is -2.41. The Bertz CT molecular complexity index is 1140. The number of likely N-dealkylation sites (tertiary alicyclic amines) is 1. The van der Waals surface area contributed by atoms with Crippen LogP contribution in [0.5, 0.6) is 0 Å². The smallest absolute Gasteiger partial charge is 0.299 e. The third-order valence-corrected chi connectivity index (χ3v) is 7.81. The van der Waals surface area contributed by atoms with Crippen molar-refractivity contribution in [1.29, 1.82) is 0 Å². The van der Waals surface area contributed by atoms with E-state index in [0.29, 0.717) is 36.9 Å². The van der Waals surface area contributed by atoms with E-state index in [1.165, 1.54) is 19.1 Å². The van der Waals surface area contributed by atoms with Crippen LogP contribution in [0.4, 0.5) is 26.3 Å². The molecule has 0 aromatic heterocycles. The topological polar surface area (TPSA) is 20.3 Å². The molecule has 2 nitrogen and oxygen atoms in total. The van der Waals surface area contributed by atoms with Gasteiger partial charge in [0, 0.05) is 12.5 Å². The first-order chi connectivity index (χ1) is 18.3. The van der Waals surface area contributed by atoms with Gasteiger partial charge in [0.2, 0.25) is 0 Å². The van der Waals surface area contributed by atoms with Crippen LogP contribution in [0.15, 0.2) is 42.5 Å². The second-order valence-electron chi connectivity index (χ2n) is 12.9. The molecule has 1 saturated heterocycles. The third-order valence-electron chi connectivity index (χ3n) is 7.81. The number of hydrogen-bond donors (Lipinski definition) is 0. The minimum Gasteiger partial charge on any atom is -0.299 e. The maximum Gasteiger partial charge on any atom is 0.416 e. The van der Waals surface area contributed by atoms with E-state index in [0.717, 1.165) is 23.3 Å². The molecule has 0 spiro atoms. The lowest BCUT2D eigenvalue weighted by molar-refractivity contribution is -0.193. The van der Waals surface area contributed by atoms with Gasteiger partial charge in [-0.05, 0) is 90.8 Å². The number of Topliss-reactive ketones (excluding diaryl/α,β-unsaturated/α-hetero) is 1. The number of nitrogens with zero attached hydrogens (tertiary/aromatic N) is 1. The number of piperidine rings is 1. The molecule has 2 aromatic rings. The molecule has 0 bridgehead atoms. The normalized spacial score (nSPS) is 20.1. The summed E-state index contributed by atoms with van der Waals surface area (Å²) < 4.78 is 81.4. The summed E-state index contributed by atoms with van der Waals surface area (Å²) in [6, 6.07) is 9.03. The van der Waals surface area contributed by atoms with E-state index in [1.54, 1.807) is 4.90 Å². The van der Waals surface area contributed by atoms with Crippen LogP contribution in [0.2, 0.25) is 0 Å². The molecule has 0 saturated carbocycles. The van der Waals surface area contributed by atoms with E-state index < -0.39 is 29.9 Å². The number of benzene rings is 2. The van der Waals surface area contributed by atoms with Gasteiger partial charge in [-0.15, -0.1) is 0 Å². The maximum absolute atomic E-state index is 14.0. The van der Waals surface area contributed by atoms with Crippen LogP contribution in [0.25, 0.3) is 11.1 Å². The van der Waals surface area contributed by atoms with Crippen LogP contribution in [-0.4, -0.2) is 36.0 Å². The fourth-order valence-corrected chi connectivity index (χ4v) is 5.55. The molecule has 0 N–H and O–H groups in total. The lowest BCUT2D eigenvalue weighted by atomic mass is 9.80. The standard InChI is InChI=1S/C32H41F6NO/c1-20(2)15-28(21(3)40)26-17-24(22-7-10-27(11-8-22)31(33,34)35)16-25(18-26)23-9-12-29(32(36,37)38)39(19-23)14-13-30(4,5)6/h7-8,10-11,16-18,20,23,28-29H,9,12-15,19H2,1-6H3. The van der Waals surface area contributed by atoms with Crippen molar-refractivity contribution in [3.8, 4) is 11.1 Å². The zero-order chi connectivity index (χ0) is 30.0. The van der Waals surface area contributed by atoms with Gasteiger partial charge in [-0.1, -0.05) is 65.0 Å². The average molecular weight is 570 g/mol. The van der Waals surface area contributed by atoms with Gasteiger partial charge in [-0.3, -0.25) is 9.69 Å². The fourth-order valence-electron chi connectivity index (χ4n) is 5.55. The first-order valence-corrected chi connectivity index (χ1v) is 14.0. The van der Waals surface area contributed by atoms with Gasteiger partial charge >= 0.3 is 12.4 Å². The Morgan fingerprint density at radius 3 is 2.05 bits per heavy atom.